The van der Waals surface area contributed by atoms with Gasteiger partial charge >= 0.3 is 0 Å². The van der Waals surface area contributed by atoms with Gasteiger partial charge in [0.1, 0.15) is 15.7 Å². The molecule has 0 aromatic carbocycles. The lowest BCUT2D eigenvalue weighted by Gasteiger charge is -2.44. The minimum Gasteiger partial charge on any atom is -0.339 e. The SMILES string of the molecule is Cc1nc(SCC(=O)N2CCCC3CCCCC32)c2c(C)c(C)sc2n1. The van der Waals surface area contributed by atoms with Gasteiger partial charge in [0, 0.05) is 22.8 Å². The lowest BCUT2D eigenvalue weighted by molar-refractivity contribution is -0.134. The second-order valence-corrected chi connectivity index (χ2v) is 9.84. The van der Waals surface area contributed by atoms with Gasteiger partial charge in [-0.25, -0.2) is 9.97 Å². The highest BCUT2D eigenvalue weighted by atomic mass is 32.2. The standard InChI is InChI=1S/C20H27N3OS2/c1-12-13(2)26-20-18(12)19(21-14(3)22-20)25-11-17(24)23-10-6-8-15-7-4-5-9-16(15)23/h15-16H,4-11H2,1-3H3. The van der Waals surface area contributed by atoms with E-state index in [1.54, 1.807) is 23.1 Å². The van der Waals surface area contributed by atoms with Crippen molar-refractivity contribution in [2.75, 3.05) is 12.3 Å². The van der Waals surface area contributed by atoms with Crippen LogP contribution < -0.4 is 0 Å². The van der Waals surface area contributed by atoms with E-state index in [9.17, 15) is 4.79 Å². The van der Waals surface area contributed by atoms with Crippen LogP contribution >= 0.6 is 23.1 Å². The van der Waals surface area contributed by atoms with Gasteiger partial charge in [0.2, 0.25) is 5.91 Å². The number of hydrogen-bond donors (Lipinski definition) is 0. The number of hydrogen-bond acceptors (Lipinski definition) is 5. The number of likely N-dealkylation sites (tertiary alicyclic amines) is 1. The van der Waals surface area contributed by atoms with Crippen molar-refractivity contribution in [2.24, 2.45) is 5.92 Å². The summed E-state index contributed by atoms with van der Waals surface area (Å²) < 4.78 is 0. The number of thioether (sulfide) groups is 1. The van der Waals surface area contributed by atoms with Crippen LogP contribution in [0.4, 0.5) is 0 Å². The van der Waals surface area contributed by atoms with Gasteiger partial charge in [-0.1, -0.05) is 24.6 Å². The first-order valence-electron chi connectivity index (χ1n) is 9.71. The molecule has 0 spiro atoms. The Morgan fingerprint density at radius 2 is 1.92 bits per heavy atom. The fourth-order valence-corrected chi connectivity index (χ4v) is 6.72. The molecule has 2 unspecified atom stereocenters. The number of carbonyl (C=O) groups excluding carboxylic acids is 1. The predicted molar refractivity (Wildman–Crippen MR) is 109 cm³/mol. The third kappa shape index (κ3) is 3.38. The van der Waals surface area contributed by atoms with Crippen LogP contribution in [0.1, 0.15) is 54.8 Å². The highest BCUT2D eigenvalue weighted by Gasteiger charge is 2.35. The summed E-state index contributed by atoms with van der Waals surface area (Å²) in [6.07, 6.45) is 7.59. The van der Waals surface area contributed by atoms with Crippen molar-refractivity contribution in [1.82, 2.24) is 14.9 Å². The van der Waals surface area contributed by atoms with Crippen LogP contribution in [0.5, 0.6) is 0 Å². The molecule has 0 radical (unpaired) electrons. The van der Waals surface area contributed by atoms with Crippen molar-refractivity contribution in [3.05, 3.63) is 16.3 Å². The van der Waals surface area contributed by atoms with Gasteiger partial charge in [0.05, 0.1) is 5.75 Å². The van der Waals surface area contributed by atoms with Crippen LogP contribution in [0, 0.1) is 26.7 Å². The third-order valence-corrected chi connectivity index (χ3v) is 8.06. The fraction of sp³-hybridized carbons (Fsp3) is 0.650. The van der Waals surface area contributed by atoms with Gasteiger partial charge in [0.15, 0.2) is 0 Å². The molecule has 1 aliphatic carbocycles. The summed E-state index contributed by atoms with van der Waals surface area (Å²) in [6.45, 7) is 7.14. The fourth-order valence-electron chi connectivity index (χ4n) is 4.57. The number of amides is 1. The quantitative estimate of drug-likeness (QED) is 0.554. The Bertz CT molecular complexity index is 830. The molecule has 2 aromatic rings. The zero-order valence-corrected chi connectivity index (χ0v) is 17.5. The molecule has 4 nitrogen and oxygen atoms in total. The van der Waals surface area contributed by atoms with Crippen LogP contribution in [0.2, 0.25) is 0 Å². The first-order valence-corrected chi connectivity index (χ1v) is 11.5. The summed E-state index contributed by atoms with van der Waals surface area (Å²) in [5.74, 6) is 2.31. The molecule has 4 rings (SSSR count). The maximum absolute atomic E-state index is 13.0. The maximum Gasteiger partial charge on any atom is 0.233 e. The van der Waals surface area contributed by atoms with Crippen molar-refractivity contribution in [3.8, 4) is 0 Å². The van der Waals surface area contributed by atoms with E-state index in [1.165, 1.54) is 42.5 Å². The van der Waals surface area contributed by atoms with E-state index in [0.29, 0.717) is 17.7 Å². The highest BCUT2D eigenvalue weighted by molar-refractivity contribution is 8.00. The summed E-state index contributed by atoms with van der Waals surface area (Å²) >= 11 is 3.32. The summed E-state index contributed by atoms with van der Waals surface area (Å²) in [5.41, 5.74) is 1.25. The number of rotatable bonds is 3. The van der Waals surface area contributed by atoms with E-state index >= 15 is 0 Å². The lowest BCUT2D eigenvalue weighted by Crippen LogP contribution is -2.50. The zero-order chi connectivity index (χ0) is 18.3. The minimum absolute atomic E-state index is 0.292. The zero-order valence-electron chi connectivity index (χ0n) is 15.9. The molecule has 0 N–H and O–H groups in total. The van der Waals surface area contributed by atoms with E-state index in [4.69, 9.17) is 0 Å². The normalized spacial score (nSPS) is 23.3. The van der Waals surface area contributed by atoms with Gasteiger partial charge < -0.3 is 4.90 Å². The van der Waals surface area contributed by atoms with E-state index in [1.807, 2.05) is 6.92 Å². The molecule has 0 bridgehead atoms. The first kappa shape index (κ1) is 18.2. The largest absolute Gasteiger partial charge is 0.339 e. The maximum atomic E-state index is 13.0. The smallest absolute Gasteiger partial charge is 0.233 e. The average molecular weight is 390 g/mol. The Hall–Kier alpha value is -1.14. The molecular formula is C20H27N3OS2. The second-order valence-electron chi connectivity index (χ2n) is 7.67. The van der Waals surface area contributed by atoms with Gasteiger partial charge in [0.25, 0.3) is 0 Å². The van der Waals surface area contributed by atoms with Crippen LogP contribution in [0.15, 0.2) is 5.03 Å². The Kier molecular flexibility index (Phi) is 5.24. The van der Waals surface area contributed by atoms with Crippen molar-refractivity contribution in [3.63, 3.8) is 0 Å². The van der Waals surface area contributed by atoms with E-state index < -0.39 is 0 Å². The molecule has 140 valence electrons. The molecule has 1 aliphatic heterocycles. The minimum atomic E-state index is 0.292. The Balaban J connectivity index is 1.52. The number of carbonyl (C=O) groups is 1. The van der Waals surface area contributed by atoms with Crippen molar-refractivity contribution in [1.29, 1.82) is 0 Å². The molecule has 2 aliphatic rings. The number of thiophene rings is 1. The van der Waals surface area contributed by atoms with E-state index in [2.05, 4.69) is 28.7 Å². The summed E-state index contributed by atoms with van der Waals surface area (Å²) in [7, 11) is 0. The van der Waals surface area contributed by atoms with Gasteiger partial charge in [-0.05, 0) is 57.9 Å². The van der Waals surface area contributed by atoms with Gasteiger partial charge in [-0.15, -0.1) is 11.3 Å². The number of fused-ring (bicyclic) bond motifs is 2. The molecular weight excluding hydrogens is 362 g/mol. The number of aryl methyl sites for hydroxylation is 3. The summed E-state index contributed by atoms with van der Waals surface area (Å²) in [5, 5.41) is 2.12. The average Bonchev–Trinajstić information content (AvgIpc) is 2.92. The number of aromatic nitrogens is 2. The molecule has 6 heteroatoms. The van der Waals surface area contributed by atoms with E-state index in [-0.39, 0.29) is 0 Å². The lowest BCUT2D eigenvalue weighted by atomic mass is 9.78. The summed E-state index contributed by atoms with van der Waals surface area (Å²) in [6, 6.07) is 0.489. The first-order chi connectivity index (χ1) is 12.5. The van der Waals surface area contributed by atoms with Crippen molar-refractivity contribution in [2.45, 2.75) is 70.4 Å². The van der Waals surface area contributed by atoms with Gasteiger partial charge in [-0.2, -0.15) is 0 Å². The molecule has 1 saturated carbocycles. The Labute approximate surface area is 163 Å². The van der Waals surface area contributed by atoms with Gasteiger partial charge in [-0.3, -0.25) is 4.79 Å². The molecule has 1 amide bonds. The molecule has 2 atom stereocenters. The molecule has 2 aromatic heterocycles. The monoisotopic (exact) mass is 389 g/mol. The van der Waals surface area contributed by atoms with Crippen molar-refractivity contribution >= 4 is 39.2 Å². The van der Waals surface area contributed by atoms with Crippen molar-refractivity contribution < 1.29 is 4.79 Å². The molecule has 2 fully saturated rings. The molecule has 26 heavy (non-hydrogen) atoms. The second kappa shape index (κ2) is 7.47. The van der Waals surface area contributed by atoms with Crippen LogP contribution in [0.25, 0.3) is 10.2 Å². The Morgan fingerprint density at radius 3 is 2.77 bits per heavy atom. The molecule has 1 saturated heterocycles. The molecule has 3 heterocycles. The topological polar surface area (TPSA) is 46.1 Å². The van der Waals surface area contributed by atoms with Crippen LogP contribution in [0.3, 0.4) is 0 Å². The van der Waals surface area contributed by atoms with Crippen LogP contribution in [-0.2, 0) is 4.79 Å². The third-order valence-electron chi connectivity index (χ3n) is 6.00. The number of piperidine rings is 1. The predicted octanol–water partition coefficient (Wildman–Crippen LogP) is 4.89. The number of nitrogens with zero attached hydrogens (tertiary/aromatic N) is 3. The van der Waals surface area contributed by atoms with Crippen LogP contribution in [-0.4, -0.2) is 39.1 Å². The Morgan fingerprint density at radius 1 is 1.15 bits per heavy atom. The highest BCUT2D eigenvalue weighted by Crippen LogP contribution is 2.37. The van der Waals surface area contributed by atoms with E-state index in [0.717, 1.165) is 40.0 Å². The summed E-state index contributed by atoms with van der Waals surface area (Å²) in [4.78, 5) is 26.8.